The number of amides is 2. The number of carbonyl (C=O) groups is 2. The fraction of sp³-hybridized carbons (Fsp3) is 0.680. The molecule has 206 valence electrons. The first-order valence-electron chi connectivity index (χ1n) is 12.7. The van der Waals surface area contributed by atoms with Crippen molar-refractivity contribution in [3.05, 3.63) is 35.9 Å². The molecule has 6 unspecified atom stereocenters. The Morgan fingerprint density at radius 1 is 1.00 bits per heavy atom. The Morgan fingerprint density at radius 3 is 2.38 bits per heavy atom. The Morgan fingerprint density at radius 2 is 1.70 bits per heavy atom. The zero-order chi connectivity index (χ0) is 26.7. The topological polar surface area (TPSA) is 171 Å². The molecule has 37 heavy (non-hydrogen) atoms. The van der Waals surface area contributed by atoms with Crippen molar-refractivity contribution in [1.29, 1.82) is 0 Å². The van der Waals surface area contributed by atoms with Gasteiger partial charge in [0.1, 0.15) is 18.3 Å². The van der Waals surface area contributed by atoms with Crippen LogP contribution in [0.5, 0.6) is 0 Å². The number of aliphatic hydroxyl groups excluding tert-OH is 2. The first-order valence-corrected chi connectivity index (χ1v) is 12.7. The van der Waals surface area contributed by atoms with Crippen LogP contribution in [0.2, 0.25) is 0 Å². The van der Waals surface area contributed by atoms with E-state index in [2.05, 4.69) is 21.3 Å². The molecule has 1 aromatic carbocycles. The Kier molecular flexibility index (Phi) is 8.81. The minimum absolute atomic E-state index is 0.000341. The lowest BCUT2D eigenvalue weighted by atomic mass is 9.79. The highest BCUT2D eigenvalue weighted by Crippen LogP contribution is 2.41. The Hall–Kier alpha value is -2.16. The summed E-state index contributed by atoms with van der Waals surface area (Å²) in [4.78, 5) is 24.9. The maximum absolute atomic E-state index is 12.8. The van der Waals surface area contributed by atoms with E-state index in [1.165, 1.54) is 0 Å². The van der Waals surface area contributed by atoms with Gasteiger partial charge >= 0.3 is 0 Å². The van der Waals surface area contributed by atoms with Gasteiger partial charge in [-0.3, -0.25) is 9.59 Å². The molecule has 0 bridgehead atoms. The molecule has 0 aromatic heterocycles. The summed E-state index contributed by atoms with van der Waals surface area (Å²) < 4.78 is 17.9. The maximum atomic E-state index is 12.8. The van der Waals surface area contributed by atoms with Crippen molar-refractivity contribution in [2.75, 3.05) is 20.6 Å². The van der Waals surface area contributed by atoms with Gasteiger partial charge in [-0.05, 0) is 33.0 Å². The van der Waals surface area contributed by atoms with E-state index in [0.717, 1.165) is 5.56 Å². The van der Waals surface area contributed by atoms with Crippen LogP contribution < -0.4 is 21.3 Å². The SMILES string of the molecule is CNC1C2O[C@@]3(O)C(NC(=O)CCNC(=O)Cc4ccccc4)C[C@@H](C)OC3OC2[C@@H](O)C(NC)[C@@H]1O. The normalized spacial score (nSPS) is 39.2. The second-order valence-corrected chi connectivity index (χ2v) is 9.94. The summed E-state index contributed by atoms with van der Waals surface area (Å²) in [6.45, 7) is 1.91. The van der Waals surface area contributed by atoms with Crippen LogP contribution in [-0.4, -0.2) is 108 Å². The highest BCUT2D eigenvalue weighted by Gasteiger charge is 2.63. The molecule has 0 spiro atoms. The van der Waals surface area contributed by atoms with Gasteiger partial charge in [0.2, 0.25) is 23.9 Å². The number of likely N-dealkylation sites (N-methyl/N-ethyl adjacent to an activating group) is 2. The molecular formula is C25H38N4O8. The van der Waals surface area contributed by atoms with E-state index in [-0.39, 0.29) is 43.7 Å². The van der Waals surface area contributed by atoms with Crippen LogP contribution in [0, 0.1) is 0 Å². The third-order valence-electron chi connectivity index (χ3n) is 7.37. The molecule has 4 rings (SSSR count). The number of aliphatic hydroxyl groups is 3. The third-order valence-corrected chi connectivity index (χ3v) is 7.37. The van der Waals surface area contributed by atoms with Crippen molar-refractivity contribution < 1.29 is 39.1 Å². The van der Waals surface area contributed by atoms with Gasteiger partial charge in [-0.15, -0.1) is 0 Å². The highest BCUT2D eigenvalue weighted by atomic mass is 16.8. The maximum Gasteiger partial charge on any atom is 0.239 e. The summed E-state index contributed by atoms with van der Waals surface area (Å²) in [6, 6.07) is 7.04. The van der Waals surface area contributed by atoms with Crippen molar-refractivity contribution in [2.45, 2.75) is 86.9 Å². The van der Waals surface area contributed by atoms with Gasteiger partial charge in [0.05, 0.1) is 36.8 Å². The van der Waals surface area contributed by atoms with Crippen molar-refractivity contribution in [3.8, 4) is 0 Å². The molecule has 2 amide bonds. The zero-order valence-corrected chi connectivity index (χ0v) is 21.3. The van der Waals surface area contributed by atoms with Crippen LogP contribution in [-0.2, 0) is 30.2 Å². The first kappa shape index (κ1) is 27.9. The van der Waals surface area contributed by atoms with Gasteiger partial charge in [0.25, 0.3) is 0 Å². The number of rotatable bonds is 8. The molecule has 1 aliphatic carbocycles. The molecular weight excluding hydrogens is 484 g/mol. The predicted octanol–water partition coefficient (Wildman–Crippen LogP) is -2.26. The van der Waals surface area contributed by atoms with E-state index in [0.29, 0.717) is 0 Å². The van der Waals surface area contributed by atoms with Crippen LogP contribution in [0.3, 0.4) is 0 Å². The monoisotopic (exact) mass is 522 g/mol. The van der Waals surface area contributed by atoms with E-state index in [1.54, 1.807) is 21.0 Å². The number of fused-ring (bicyclic) bond motifs is 2. The number of hydrogen-bond donors (Lipinski definition) is 7. The standard InChI is InChI=1S/C25H38N4O8/c1-13-11-15(29-16(30)9-10-28-17(31)12-14-7-5-4-6-8-14)25(34)24(35-13)36-23-21(33)18(26-2)20(32)19(27-3)22(23)37-25/h4-8,13,15,18-24,26-27,32-34H,9-12H2,1-3H3,(H,28,31)(H,29,30)/t13-,15?,18?,19?,20+,21+,22?,23?,24?,25+/m1/s1. The number of ether oxygens (including phenoxy) is 3. The minimum Gasteiger partial charge on any atom is -0.390 e. The van der Waals surface area contributed by atoms with Gasteiger partial charge in [-0.2, -0.15) is 0 Å². The van der Waals surface area contributed by atoms with E-state index >= 15 is 0 Å². The minimum atomic E-state index is -2.05. The van der Waals surface area contributed by atoms with E-state index in [1.807, 2.05) is 30.3 Å². The average Bonchev–Trinajstić information content (AvgIpc) is 2.85. The molecule has 7 N–H and O–H groups in total. The quantitative estimate of drug-likeness (QED) is 0.198. The predicted molar refractivity (Wildman–Crippen MR) is 131 cm³/mol. The van der Waals surface area contributed by atoms with Gasteiger partial charge < -0.3 is 50.8 Å². The molecule has 2 aliphatic heterocycles. The summed E-state index contributed by atoms with van der Waals surface area (Å²) in [5.41, 5.74) is 0.875. The third kappa shape index (κ3) is 5.81. The van der Waals surface area contributed by atoms with Crippen LogP contribution in [0.1, 0.15) is 25.3 Å². The molecule has 3 fully saturated rings. The van der Waals surface area contributed by atoms with Gasteiger partial charge in [0, 0.05) is 13.0 Å². The van der Waals surface area contributed by atoms with E-state index in [9.17, 15) is 24.9 Å². The molecule has 3 aliphatic rings. The fourth-order valence-electron chi connectivity index (χ4n) is 5.44. The molecule has 2 heterocycles. The smallest absolute Gasteiger partial charge is 0.239 e. The summed E-state index contributed by atoms with van der Waals surface area (Å²) in [7, 11) is 3.26. The Bertz CT molecular complexity index is 939. The van der Waals surface area contributed by atoms with E-state index < -0.39 is 54.6 Å². The first-order chi connectivity index (χ1) is 17.7. The lowest BCUT2D eigenvalue weighted by Crippen LogP contribution is -2.79. The van der Waals surface area contributed by atoms with Crippen LogP contribution in [0.4, 0.5) is 0 Å². The summed E-state index contributed by atoms with van der Waals surface area (Å²) in [6.07, 6.45) is -5.18. The summed E-state index contributed by atoms with van der Waals surface area (Å²) in [5.74, 6) is -2.64. The van der Waals surface area contributed by atoms with Gasteiger partial charge in [-0.1, -0.05) is 30.3 Å². The fourth-order valence-corrected chi connectivity index (χ4v) is 5.44. The lowest BCUT2D eigenvalue weighted by molar-refractivity contribution is -0.449. The molecule has 12 nitrogen and oxygen atoms in total. The van der Waals surface area contributed by atoms with Crippen molar-refractivity contribution in [3.63, 3.8) is 0 Å². The summed E-state index contributed by atoms with van der Waals surface area (Å²) >= 11 is 0. The molecule has 10 atom stereocenters. The average molecular weight is 523 g/mol. The second kappa shape index (κ2) is 11.7. The summed E-state index contributed by atoms with van der Waals surface area (Å²) in [5, 5.41) is 44.6. The highest BCUT2D eigenvalue weighted by molar-refractivity contribution is 5.80. The van der Waals surface area contributed by atoms with Crippen molar-refractivity contribution in [1.82, 2.24) is 21.3 Å². The molecule has 12 heteroatoms. The van der Waals surface area contributed by atoms with Crippen molar-refractivity contribution in [2.24, 2.45) is 0 Å². The van der Waals surface area contributed by atoms with Crippen LogP contribution >= 0.6 is 0 Å². The van der Waals surface area contributed by atoms with Crippen molar-refractivity contribution >= 4 is 11.8 Å². The van der Waals surface area contributed by atoms with Gasteiger partial charge in [-0.25, -0.2) is 0 Å². The zero-order valence-electron chi connectivity index (χ0n) is 21.3. The van der Waals surface area contributed by atoms with Crippen LogP contribution in [0.15, 0.2) is 30.3 Å². The largest absolute Gasteiger partial charge is 0.390 e. The molecule has 1 aromatic rings. The Balaban J connectivity index is 1.39. The second-order valence-electron chi connectivity index (χ2n) is 9.94. The van der Waals surface area contributed by atoms with Crippen LogP contribution in [0.25, 0.3) is 0 Å². The number of hydrogen-bond acceptors (Lipinski definition) is 10. The molecule has 0 radical (unpaired) electrons. The lowest BCUT2D eigenvalue weighted by Gasteiger charge is -2.58. The van der Waals surface area contributed by atoms with Gasteiger partial charge in [0.15, 0.2) is 0 Å². The molecule has 1 saturated carbocycles. The number of carbonyl (C=O) groups excluding carboxylic acids is 2. The number of nitrogens with one attached hydrogen (secondary N) is 4. The number of benzene rings is 1. The van der Waals surface area contributed by atoms with E-state index in [4.69, 9.17) is 14.2 Å². The Labute approximate surface area is 216 Å². The molecule has 2 saturated heterocycles.